The minimum Gasteiger partial charge on any atom is -0.383 e. The zero-order valence-corrected chi connectivity index (χ0v) is 9.68. The molecule has 1 saturated heterocycles. The molecule has 2 rings (SSSR count). The Hall–Kier alpha value is -2.30. The van der Waals surface area contributed by atoms with Crippen LogP contribution in [-0.4, -0.2) is 30.8 Å². The largest absolute Gasteiger partial charge is 0.383 e. The Bertz CT molecular complexity index is 480. The second-order valence-corrected chi connectivity index (χ2v) is 3.92. The van der Waals surface area contributed by atoms with Crippen LogP contribution >= 0.6 is 0 Å². The van der Waals surface area contributed by atoms with E-state index in [0.717, 1.165) is 0 Å². The Morgan fingerprint density at radius 2 is 1.82 bits per heavy atom. The summed E-state index contributed by atoms with van der Waals surface area (Å²) in [6.07, 6.45) is 1.51. The summed E-state index contributed by atoms with van der Waals surface area (Å²) in [5.41, 5.74) is 3.31. The van der Waals surface area contributed by atoms with Gasteiger partial charge in [-0.05, 0) is 12.1 Å². The van der Waals surface area contributed by atoms with E-state index in [1.165, 1.54) is 11.2 Å². The third-order valence-corrected chi connectivity index (χ3v) is 2.29. The van der Waals surface area contributed by atoms with Gasteiger partial charge in [0.1, 0.15) is 5.57 Å². The Labute approximate surface area is 99.3 Å². The van der Waals surface area contributed by atoms with Crippen molar-refractivity contribution in [1.29, 1.82) is 0 Å². The molecular weight excluding hydrogens is 218 g/mol. The van der Waals surface area contributed by atoms with Crippen molar-refractivity contribution in [1.82, 2.24) is 10.3 Å². The van der Waals surface area contributed by atoms with Gasteiger partial charge in [0.2, 0.25) is 0 Å². The van der Waals surface area contributed by atoms with Crippen molar-refractivity contribution in [2.24, 2.45) is 0 Å². The predicted molar refractivity (Wildman–Crippen MR) is 63.8 cm³/mol. The molecule has 0 aliphatic carbocycles. The number of carbonyl (C=O) groups is 2. The van der Waals surface area contributed by atoms with Crippen LogP contribution in [0.1, 0.15) is 0 Å². The highest BCUT2D eigenvalue weighted by Gasteiger charge is 2.34. The number of nitrogens with zero attached hydrogens (tertiary/aromatic N) is 2. The maximum atomic E-state index is 12.0. The molecular formula is C12H13N3O2. The van der Waals surface area contributed by atoms with E-state index < -0.39 is 0 Å². The first-order valence-electron chi connectivity index (χ1n) is 5.18. The molecule has 1 aliphatic rings. The molecule has 1 N–H and O–H groups in total. The van der Waals surface area contributed by atoms with Crippen molar-refractivity contribution in [2.75, 3.05) is 19.1 Å². The average molecular weight is 231 g/mol. The molecule has 1 aliphatic heterocycles. The second kappa shape index (κ2) is 4.29. The van der Waals surface area contributed by atoms with Gasteiger partial charge >= 0.3 is 0 Å². The lowest BCUT2D eigenvalue weighted by Crippen LogP contribution is -2.35. The van der Waals surface area contributed by atoms with Gasteiger partial charge in [-0.25, -0.2) is 5.01 Å². The Morgan fingerprint density at radius 3 is 2.41 bits per heavy atom. The molecule has 0 aromatic heterocycles. The fraction of sp³-hybridized carbons (Fsp3) is 0.167. The SMILES string of the molecule is CN(C)C=C1C(=O)NN(c2ccccc2)C1=O. The number of carbonyl (C=O) groups excluding carboxylic acids is 2. The molecule has 5 nitrogen and oxygen atoms in total. The number of hydrogen-bond acceptors (Lipinski definition) is 3. The molecule has 0 radical (unpaired) electrons. The van der Waals surface area contributed by atoms with Crippen LogP contribution in [-0.2, 0) is 9.59 Å². The maximum Gasteiger partial charge on any atom is 0.284 e. The molecule has 0 bridgehead atoms. The molecule has 1 fully saturated rings. The van der Waals surface area contributed by atoms with Gasteiger partial charge in [0, 0.05) is 20.3 Å². The van der Waals surface area contributed by atoms with Crippen LogP contribution in [0.25, 0.3) is 0 Å². The predicted octanol–water partition coefficient (Wildman–Crippen LogP) is 0.510. The average Bonchev–Trinajstić information content (AvgIpc) is 2.58. The van der Waals surface area contributed by atoms with Gasteiger partial charge in [0.25, 0.3) is 11.8 Å². The minimum absolute atomic E-state index is 0.138. The molecule has 0 atom stereocenters. The summed E-state index contributed by atoms with van der Waals surface area (Å²) >= 11 is 0. The second-order valence-electron chi connectivity index (χ2n) is 3.92. The van der Waals surface area contributed by atoms with Crippen molar-refractivity contribution in [3.8, 4) is 0 Å². The van der Waals surface area contributed by atoms with E-state index in [2.05, 4.69) is 5.43 Å². The molecule has 0 unspecified atom stereocenters. The highest BCUT2D eigenvalue weighted by molar-refractivity contribution is 6.29. The summed E-state index contributed by atoms with van der Waals surface area (Å²) in [5.74, 6) is -0.720. The van der Waals surface area contributed by atoms with E-state index in [0.29, 0.717) is 5.69 Å². The number of nitrogens with one attached hydrogen (secondary N) is 1. The number of para-hydroxylation sites is 1. The number of benzene rings is 1. The third kappa shape index (κ3) is 2.13. The number of hydrazine groups is 1. The van der Waals surface area contributed by atoms with Gasteiger partial charge < -0.3 is 4.90 Å². The Kier molecular flexibility index (Phi) is 2.82. The van der Waals surface area contributed by atoms with Gasteiger partial charge in [-0.15, -0.1) is 0 Å². The number of rotatable bonds is 2. The van der Waals surface area contributed by atoms with Gasteiger partial charge in [-0.3, -0.25) is 15.0 Å². The highest BCUT2D eigenvalue weighted by Crippen LogP contribution is 2.18. The standard InChI is InChI=1S/C12H13N3O2/c1-14(2)8-10-11(16)13-15(12(10)17)9-6-4-3-5-7-9/h3-8H,1-2H3,(H,13,16). The Balaban J connectivity index is 2.31. The third-order valence-electron chi connectivity index (χ3n) is 2.29. The smallest absolute Gasteiger partial charge is 0.284 e. The molecule has 1 heterocycles. The van der Waals surface area contributed by atoms with Gasteiger partial charge in [0.05, 0.1) is 5.69 Å². The van der Waals surface area contributed by atoms with Crippen molar-refractivity contribution in [3.63, 3.8) is 0 Å². The zero-order valence-electron chi connectivity index (χ0n) is 9.68. The fourth-order valence-corrected chi connectivity index (χ4v) is 1.56. The number of hydrogen-bond donors (Lipinski definition) is 1. The van der Waals surface area contributed by atoms with Crippen molar-refractivity contribution in [3.05, 3.63) is 42.1 Å². The number of anilines is 1. The van der Waals surface area contributed by atoms with Crippen LogP contribution in [0.15, 0.2) is 42.1 Å². The van der Waals surface area contributed by atoms with E-state index in [1.807, 2.05) is 18.2 Å². The van der Waals surface area contributed by atoms with E-state index in [4.69, 9.17) is 0 Å². The van der Waals surface area contributed by atoms with E-state index in [-0.39, 0.29) is 17.4 Å². The zero-order chi connectivity index (χ0) is 12.4. The molecule has 88 valence electrons. The number of amides is 2. The summed E-state index contributed by atoms with van der Waals surface area (Å²) < 4.78 is 0. The van der Waals surface area contributed by atoms with Crippen LogP contribution < -0.4 is 10.4 Å². The summed E-state index contributed by atoms with van der Waals surface area (Å²) in [6.45, 7) is 0. The monoisotopic (exact) mass is 231 g/mol. The van der Waals surface area contributed by atoms with Crippen LogP contribution in [0.2, 0.25) is 0 Å². The Morgan fingerprint density at radius 1 is 1.18 bits per heavy atom. The molecule has 5 heteroatoms. The van der Waals surface area contributed by atoms with Crippen LogP contribution in [0.3, 0.4) is 0 Å². The van der Waals surface area contributed by atoms with Gasteiger partial charge in [-0.1, -0.05) is 18.2 Å². The van der Waals surface area contributed by atoms with Crippen molar-refractivity contribution >= 4 is 17.5 Å². The van der Waals surface area contributed by atoms with Crippen molar-refractivity contribution in [2.45, 2.75) is 0 Å². The van der Waals surface area contributed by atoms with Gasteiger partial charge in [0.15, 0.2) is 0 Å². The fourth-order valence-electron chi connectivity index (χ4n) is 1.56. The quantitative estimate of drug-likeness (QED) is 0.596. The lowest BCUT2D eigenvalue weighted by molar-refractivity contribution is -0.117. The van der Waals surface area contributed by atoms with E-state index >= 15 is 0 Å². The van der Waals surface area contributed by atoms with E-state index in [9.17, 15) is 9.59 Å². The highest BCUT2D eigenvalue weighted by atomic mass is 16.2. The normalized spacial score (nSPS) is 17.5. The van der Waals surface area contributed by atoms with Crippen LogP contribution in [0.4, 0.5) is 5.69 Å². The summed E-state index contributed by atoms with van der Waals surface area (Å²) in [5, 5.41) is 1.25. The lowest BCUT2D eigenvalue weighted by atomic mass is 10.2. The first-order valence-corrected chi connectivity index (χ1v) is 5.18. The molecule has 1 aromatic rings. The summed E-state index contributed by atoms with van der Waals surface area (Å²) in [7, 11) is 3.53. The molecule has 1 aromatic carbocycles. The van der Waals surface area contributed by atoms with Crippen LogP contribution in [0.5, 0.6) is 0 Å². The topological polar surface area (TPSA) is 52.7 Å². The molecule has 0 spiro atoms. The van der Waals surface area contributed by atoms with Gasteiger partial charge in [-0.2, -0.15) is 0 Å². The summed E-state index contributed by atoms with van der Waals surface area (Å²) in [4.78, 5) is 25.3. The molecule has 0 saturated carbocycles. The van der Waals surface area contributed by atoms with E-state index in [1.54, 1.807) is 31.1 Å². The summed E-state index contributed by atoms with van der Waals surface area (Å²) in [6, 6.07) is 8.99. The minimum atomic E-state index is -0.382. The maximum absolute atomic E-state index is 12.0. The lowest BCUT2D eigenvalue weighted by Gasteiger charge is -2.14. The molecule has 17 heavy (non-hydrogen) atoms. The molecule has 2 amide bonds. The van der Waals surface area contributed by atoms with Crippen LogP contribution in [0, 0.1) is 0 Å². The first-order chi connectivity index (χ1) is 8.09. The van der Waals surface area contributed by atoms with Crippen molar-refractivity contribution < 1.29 is 9.59 Å². The first kappa shape index (κ1) is 11.2.